The van der Waals surface area contributed by atoms with Gasteiger partial charge in [-0.15, -0.1) is 0 Å². The van der Waals surface area contributed by atoms with Crippen LogP contribution < -0.4 is 0 Å². The van der Waals surface area contributed by atoms with Crippen molar-refractivity contribution in [1.29, 1.82) is 0 Å². The molecule has 0 saturated heterocycles. The van der Waals surface area contributed by atoms with E-state index < -0.39 is 0 Å². The molecule has 0 unspecified atom stereocenters. The van der Waals surface area contributed by atoms with Crippen molar-refractivity contribution in [3.8, 4) is 11.4 Å². The highest BCUT2D eigenvalue weighted by Crippen LogP contribution is 2.28. The second kappa shape index (κ2) is 5.21. The summed E-state index contributed by atoms with van der Waals surface area (Å²) in [6, 6.07) is 7.99. The Morgan fingerprint density at radius 2 is 2.05 bits per heavy atom. The van der Waals surface area contributed by atoms with Crippen LogP contribution >= 0.6 is 11.6 Å². The molecule has 0 radical (unpaired) electrons. The molecule has 0 aliphatic heterocycles. The summed E-state index contributed by atoms with van der Waals surface area (Å²) in [7, 11) is 0. The minimum absolute atomic E-state index is 0.394. The average Bonchev–Trinajstić information content (AvgIpc) is 2.87. The summed E-state index contributed by atoms with van der Waals surface area (Å²) in [6.45, 7) is 4.11. The molecule has 3 aromatic rings. The van der Waals surface area contributed by atoms with Crippen molar-refractivity contribution in [3.05, 3.63) is 40.9 Å². The van der Waals surface area contributed by atoms with E-state index in [1.807, 2.05) is 25.1 Å². The fraction of sp³-hybridized carbons (Fsp3) is 0.267. The van der Waals surface area contributed by atoms with Crippen LogP contribution in [0, 0.1) is 6.92 Å². The smallest absolute Gasteiger partial charge is 0.226 e. The number of hydrogen-bond donors (Lipinski definition) is 0. The van der Waals surface area contributed by atoms with Crippen molar-refractivity contribution < 1.29 is 4.52 Å². The first-order valence-electron chi connectivity index (χ1n) is 6.57. The summed E-state index contributed by atoms with van der Waals surface area (Å²) < 4.78 is 5.20. The summed E-state index contributed by atoms with van der Waals surface area (Å²) >= 11 is 6.23. The number of fused-ring (bicyclic) bond motifs is 1. The fourth-order valence-electron chi connectivity index (χ4n) is 2.11. The molecule has 3 rings (SSSR count). The molecule has 0 amide bonds. The van der Waals surface area contributed by atoms with Crippen LogP contribution in [-0.2, 0) is 6.42 Å². The molecule has 0 aliphatic carbocycles. The van der Waals surface area contributed by atoms with E-state index in [9.17, 15) is 0 Å². The lowest BCUT2D eigenvalue weighted by molar-refractivity contribution is 0.378. The lowest BCUT2D eigenvalue weighted by atomic mass is 10.1. The summed E-state index contributed by atoms with van der Waals surface area (Å²) in [5.41, 5.74) is 2.74. The van der Waals surface area contributed by atoms with Gasteiger partial charge < -0.3 is 4.52 Å². The Bertz CT molecular complexity index is 767. The molecule has 2 aromatic heterocycles. The predicted molar refractivity (Wildman–Crippen MR) is 78.8 cm³/mol. The molecule has 0 atom stereocenters. The van der Waals surface area contributed by atoms with Gasteiger partial charge in [-0.25, -0.2) is 4.98 Å². The SMILES string of the molecule is CCCc1nc(-c2cc3cc(C)ccc3nc2Cl)no1. The minimum atomic E-state index is 0.394. The topological polar surface area (TPSA) is 51.8 Å². The summed E-state index contributed by atoms with van der Waals surface area (Å²) in [6.07, 6.45) is 1.73. The maximum absolute atomic E-state index is 6.23. The van der Waals surface area contributed by atoms with Crippen molar-refractivity contribution in [2.24, 2.45) is 0 Å². The molecule has 5 heteroatoms. The molecular formula is C15H14ClN3O. The largest absolute Gasteiger partial charge is 0.339 e. The highest BCUT2D eigenvalue weighted by Gasteiger charge is 2.13. The van der Waals surface area contributed by atoms with E-state index in [1.165, 1.54) is 5.56 Å². The average molecular weight is 288 g/mol. The maximum atomic E-state index is 6.23. The number of pyridine rings is 1. The van der Waals surface area contributed by atoms with Gasteiger partial charge in [-0.05, 0) is 31.5 Å². The van der Waals surface area contributed by atoms with Gasteiger partial charge in [0, 0.05) is 11.8 Å². The standard InChI is InChI=1S/C15H14ClN3O/c1-3-4-13-18-15(19-20-13)11-8-10-7-9(2)5-6-12(10)17-14(11)16/h5-8H,3-4H2,1-2H3. The first-order chi connectivity index (χ1) is 9.67. The molecule has 0 aliphatic rings. The number of rotatable bonds is 3. The maximum Gasteiger partial charge on any atom is 0.226 e. The second-order valence-electron chi connectivity index (χ2n) is 4.78. The molecule has 0 bridgehead atoms. The van der Waals surface area contributed by atoms with Crippen LogP contribution in [0.25, 0.3) is 22.3 Å². The number of aromatic nitrogens is 3. The van der Waals surface area contributed by atoms with E-state index in [0.717, 1.165) is 23.7 Å². The van der Waals surface area contributed by atoms with Gasteiger partial charge in [-0.3, -0.25) is 0 Å². The fourth-order valence-corrected chi connectivity index (χ4v) is 2.34. The molecule has 102 valence electrons. The van der Waals surface area contributed by atoms with Crippen molar-refractivity contribution in [1.82, 2.24) is 15.1 Å². The molecular weight excluding hydrogens is 274 g/mol. The zero-order chi connectivity index (χ0) is 14.1. The zero-order valence-corrected chi connectivity index (χ0v) is 12.1. The van der Waals surface area contributed by atoms with Crippen LogP contribution in [0.4, 0.5) is 0 Å². The minimum Gasteiger partial charge on any atom is -0.339 e. The summed E-state index contributed by atoms with van der Waals surface area (Å²) in [5, 5.41) is 5.40. The number of halogens is 1. The first kappa shape index (κ1) is 13.1. The Morgan fingerprint density at radius 1 is 1.20 bits per heavy atom. The molecule has 0 spiro atoms. The normalized spacial score (nSPS) is 11.2. The molecule has 20 heavy (non-hydrogen) atoms. The van der Waals surface area contributed by atoms with Crippen molar-refractivity contribution in [2.45, 2.75) is 26.7 Å². The number of aryl methyl sites for hydroxylation is 2. The summed E-state index contributed by atoms with van der Waals surface area (Å²) in [4.78, 5) is 8.75. The zero-order valence-electron chi connectivity index (χ0n) is 11.4. The van der Waals surface area contributed by atoms with Gasteiger partial charge in [0.15, 0.2) is 0 Å². The van der Waals surface area contributed by atoms with Crippen LogP contribution in [0.3, 0.4) is 0 Å². The third-order valence-electron chi connectivity index (χ3n) is 3.10. The van der Waals surface area contributed by atoms with E-state index in [1.54, 1.807) is 0 Å². The van der Waals surface area contributed by atoms with E-state index in [4.69, 9.17) is 16.1 Å². The number of hydrogen-bond acceptors (Lipinski definition) is 4. The number of benzene rings is 1. The molecule has 4 nitrogen and oxygen atoms in total. The van der Waals surface area contributed by atoms with Crippen molar-refractivity contribution in [3.63, 3.8) is 0 Å². The monoisotopic (exact) mass is 287 g/mol. The van der Waals surface area contributed by atoms with Crippen LogP contribution in [0.2, 0.25) is 5.15 Å². The third kappa shape index (κ3) is 2.39. The van der Waals surface area contributed by atoms with Gasteiger partial charge in [0.2, 0.25) is 11.7 Å². The number of nitrogens with zero attached hydrogens (tertiary/aromatic N) is 3. The van der Waals surface area contributed by atoms with Crippen LogP contribution in [-0.4, -0.2) is 15.1 Å². The molecule has 0 N–H and O–H groups in total. The van der Waals surface area contributed by atoms with E-state index in [0.29, 0.717) is 22.4 Å². The highest BCUT2D eigenvalue weighted by atomic mass is 35.5. The lowest BCUT2D eigenvalue weighted by Crippen LogP contribution is -1.89. The van der Waals surface area contributed by atoms with Crippen molar-refractivity contribution in [2.75, 3.05) is 0 Å². The Balaban J connectivity index is 2.11. The van der Waals surface area contributed by atoms with E-state index in [2.05, 4.69) is 28.1 Å². The lowest BCUT2D eigenvalue weighted by Gasteiger charge is -2.03. The quantitative estimate of drug-likeness (QED) is 0.678. The predicted octanol–water partition coefficient (Wildman–Crippen LogP) is 4.20. The molecule has 2 heterocycles. The Labute approximate surface area is 121 Å². The second-order valence-corrected chi connectivity index (χ2v) is 5.14. The van der Waals surface area contributed by atoms with Gasteiger partial charge in [0.1, 0.15) is 5.15 Å². The van der Waals surface area contributed by atoms with Crippen LogP contribution in [0.5, 0.6) is 0 Å². The molecule has 0 fully saturated rings. The van der Waals surface area contributed by atoms with Gasteiger partial charge >= 0.3 is 0 Å². The molecule has 0 saturated carbocycles. The van der Waals surface area contributed by atoms with Crippen molar-refractivity contribution >= 4 is 22.5 Å². The Hall–Kier alpha value is -1.94. The van der Waals surface area contributed by atoms with Gasteiger partial charge in [-0.2, -0.15) is 4.98 Å². The molecule has 1 aromatic carbocycles. The van der Waals surface area contributed by atoms with E-state index in [-0.39, 0.29) is 0 Å². The van der Waals surface area contributed by atoms with Gasteiger partial charge in [-0.1, -0.05) is 35.3 Å². The van der Waals surface area contributed by atoms with Crippen LogP contribution in [0.15, 0.2) is 28.8 Å². The van der Waals surface area contributed by atoms with Crippen LogP contribution in [0.1, 0.15) is 24.8 Å². The third-order valence-corrected chi connectivity index (χ3v) is 3.38. The van der Waals surface area contributed by atoms with Gasteiger partial charge in [0.05, 0.1) is 11.1 Å². The first-order valence-corrected chi connectivity index (χ1v) is 6.95. The Kier molecular flexibility index (Phi) is 3.40. The van der Waals surface area contributed by atoms with E-state index >= 15 is 0 Å². The summed E-state index contributed by atoms with van der Waals surface area (Å²) in [5.74, 6) is 1.12. The van der Waals surface area contributed by atoms with Gasteiger partial charge in [0.25, 0.3) is 0 Å². The highest BCUT2D eigenvalue weighted by molar-refractivity contribution is 6.32. The Morgan fingerprint density at radius 3 is 2.85 bits per heavy atom.